The molecule has 2 aromatic carbocycles. The van der Waals surface area contributed by atoms with Crippen LogP contribution in [-0.2, 0) is 10.0 Å². The molecule has 0 aliphatic carbocycles. The molecule has 2 aliphatic heterocycles. The first-order valence-corrected chi connectivity index (χ1v) is 12.1. The van der Waals surface area contributed by atoms with Gasteiger partial charge in [-0.2, -0.15) is 4.31 Å². The van der Waals surface area contributed by atoms with E-state index in [1.54, 1.807) is 28.6 Å². The lowest BCUT2D eigenvalue weighted by Gasteiger charge is -2.36. The molecule has 0 radical (unpaired) electrons. The van der Waals surface area contributed by atoms with Gasteiger partial charge in [0.05, 0.1) is 4.90 Å². The Labute approximate surface area is 179 Å². The van der Waals surface area contributed by atoms with Crippen molar-refractivity contribution in [3.63, 3.8) is 0 Å². The van der Waals surface area contributed by atoms with Gasteiger partial charge in [-0.1, -0.05) is 30.7 Å². The van der Waals surface area contributed by atoms with E-state index in [1.165, 1.54) is 0 Å². The molecule has 2 fully saturated rings. The van der Waals surface area contributed by atoms with Crippen molar-refractivity contribution in [1.82, 2.24) is 9.21 Å². The Morgan fingerprint density at radius 2 is 1.63 bits per heavy atom. The molecule has 4 rings (SSSR count). The van der Waals surface area contributed by atoms with Crippen molar-refractivity contribution >= 4 is 21.6 Å². The highest BCUT2D eigenvalue weighted by Gasteiger charge is 2.31. The van der Waals surface area contributed by atoms with E-state index in [2.05, 4.69) is 17.0 Å². The van der Waals surface area contributed by atoms with Crippen molar-refractivity contribution in [1.29, 1.82) is 0 Å². The minimum Gasteiger partial charge on any atom is -0.368 e. The van der Waals surface area contributed by atoms with Gasteiger partial charge in [0, 0.05) is 50.0 Å². The Kier molecular flexibility index (Phi) is 6.11. The van der Waals surface area contributed by atoms with Crippen LogP contribution in [-0.4, -0.2) is 62.3 Å². The molecular formula is C23H29N3O3S. The fourth-order valence-electron chi connectivity index (χ4n) is 4.34. The number of carbonyl (C=O) groups is 1. The van der Waals surface area contributed by atoms with Crippen molar-refractivity contribution in [3.8, 4) is 0 Å². The number of nitrogens with zero attached hydrogens (tertiary/aromatic N) is 3. The van der Waals surface area contributed by atoms with Crippen molar-refractivity contribution in [2.24, 2.45) is 0 Å². The Balaban J connectivity index is 1.47. The first kappa shape index (κ1) is 20.9. The van der Waals surface area contributed by atoms with Gasteiger partial charge in [-0.05, 0) is 50.1 Å². The maximum absolute atomic E-state index is 13.1. The van der Waals surface area contributed by atoms with Gasteiger partial charge in [-0.25, -0.2) is 8.42 Å². The first-order chi connectivity index (χ1) is 14.5. The predicted molar refractivity (Wildman–Crippen MR) is 118 cm³/mol. The number of para-hydroxylation sites is 1. The predicted octanol–water partition coefficient (Wildman–Crippen LogP) is 3.21. The number of hydrogen-bond donors (Lipinski definition) is 0. The molecule has 0 unspecified atom stereocenters. The summed E-state index contributed by atoms with van der Waals surface area (Å²) in [5.74, 6) is -0.105. The molecule has 7 heteroatoms. The van der Waals surface area contributed by atoms with Gasteiger partial charge < -0.3 is 9.80 Å². The third-order valence-corrected chi connectivity index (χ3v) is 8.13. The number of sulfonamides is 1. The van der Waals surface area contributed by atoms with Crippen LogP contribution >= 0.6 is 0 Å². The highest BCUT2D eigenvalue weighted by molar-refractivity contribution is 7.89. The minimum absolute atomic E-state index is 0.00540. The lowest BCUT2D eigenvalue weighted by atomic mass is 10.1. The van der Waals surface area contributed by atoms with Gasteiger partial charge in [0.1, 0.15) is 0 Å². The molecule has 0 N–H and O–H groups in total. The van der Waals surface area contributed by atoms with Gasteiger partial charge in [0.2, 0.25) is 10.0 Å². The van der Waals surface area contributed by atoms with E-state index in [4.69, 9.17) is 0 Å². The Hall–Kier alpha value is -2.38. The molecule has 0 saturated carbocycles. The molecule has 2 aliphatic rings. The monoisotopic (exact) mass is 427 g/mol. The van der Waals surface area contributed by atoms with E-state index in [-0.39, 0.29) is 16.8 Å². The third-order valence-electron chi connectivity index (χ3n) is 6.12. The summed E-state index contributed by atoms with van der Waals surface area (Å²) in [5.41, 5.74) is 1.60. The smallest absolute Gasteiger partial charge is 0.254 e. The van der Waals surface area contributed by atoms with E-state index < -0.39 is 10.0 Å². The van der Waals surface area contributed by atoms with Crippen LogP contribution in [0.3, 0.4) is 0 Å². The molecule has 6 nitrogen and oxygen atoms in total. The molecule has 2 saturated heterocycles. The second-order valence-corrected chi connectivity index (χ2v) is 9.99. The summed E-state index contributed by atoms with van der Waals surface area (Å²) in [6.45, 7) is 5.26. The van der Waals surface area contributed by atoms with Gasteiger partial charge in [-0.3, -0.25) is 4.79 Å². The molecule has 2 aromatic rings. The Bertz CT molecular complexity index is 986. The summed E-state index contributed by atoms with van der Waals surface area (Å²) >= 11 is 0. The Morgan fingerprint density at radius 3 is 2.33 bits per heavy atom. The molecule has 0 aromatic heterocycles. The van der Waals surface area contributed by atoms with Gasteiger partial charge in [-0.15, -0.1) is 0 Å². The summed E-state index contributed by atoms with van der Waals surface area (Å²) in [6.07, 6.45) is 2.82. The van der Waals surface area contributed by atoms with Crippen LogP contribution in [0.25, 0.3) is 0 Å². The number of piperidine rings is 1. The minimum atomic E-state index is -3.59. The van der Waals surface area contributed by atoms with Crippen LogP contribution in [0.2, 0.25) is 0 Å². The number of benzene rings is 2. The van der Waals surface area contributed by atoms with Crippen LogP contribution in [0.4, 0.5) is 5.69 Å². The van der Waals surface area contributed by atoms with Crippen LogP contribution < -0.4 is 4.90 Å². The number of carbonyl (C=O) groups excluding carboxylic acids is 1. The van der Waals surface area contributed by atoms with Crippen LogP contribution in [0.1, 0.15) is 36.5 Å². The summed E-state index contributed by atoms with van der Waals surface area (Å²) < 4.78 is 27.9. The molecule has 30 heavy (non-hydrogen) atoms. The standard InChI is InChI=1S/C23H29N3O3S/c1-19-8-5-6-13-26(19)30(28,29)22-12-7-9-20(18-22)23(27)25-16-14-24(15-17-25)21-10-3-2-4-11-21/h2-4,7,9-12,18-19H,5-6,8,13-17H2,1H3/t19-/m0/s1. The Morgan fingerprint density at radius 1 is 0.900 bits per heavy atom. The van der Waals surface area contributed by atoms with Crippen molar-refractivity contribution < 1.29 is 13.2 Å². The number of anilines is 1. The molecule has 1 atom stereocenters. The zero-order valence-corrected chi connectivity index (χ0v) is 18.2. The highest BCUT2D eigenvalue weighted by Crippen LogP contribution is 2.26. The van der Waals surface area contributed by atoms with Crippen molar-refractivity contribution in [2.45, 2.75) is 37.1 Å². The fraction of sp³-hybridized carbons (Fsp3) is 0.435. The first-order valence-electron chi connectivity index (χ1n) is 10.7. The molecule has 0 bridgehead atoms. The highest BCUT2D eigenvalue weighted by atomic mass is 32.2. The van der Waals surface area contributed by atoms with Crippen LogP contribution in [0, 0.1) is 0 Å². The number of amides is 1. The zero-order valence-electron chi connectivity index (χ0n) is 17.4. The molecule has 160 valence electrons. The maximum Gasteiger partial charge on any atom is 0.254 e. The largest absolute Gasteiger partial charge is 0.368 e. The summed E-state index contributed by atoms with van der Waals surface area (Å²) in [4.78, 5) is 17.4. The summed E-state index contributed by atoms with van der Waals surface area (Å²) in [5, 5.41) is 0. The maximum atomic E-state index is 13.1. The fourth-order valence-corrected chi connectivity index (χ4v) is 6.09. The van der Waals surface area contributed by atoms with E-state index in [9.17, 15) is 13.2 Å². The molecule has 0 spiro atoms. The average Bonchev–Trinajstić information content (AvgIpc) is 2.79. The number of rotatable bonds is 4. The van der Waals surface area contributed by atoms with E-state index in [0.29, 0.717) is 25.2 Å². The van der Waals surface area contributed by atoms with Crippen LogP contribution in [0.15, 0.2) is 59.5 Å². The SMILES string of the molecule is C[C@H]1CCCCN1S(=O)(=O)c1cccc(C(=O)N2CCN(c3ccccc3)CC2)c1. The van der Waals surface area contributed by atoms with Crippen molar-refractivity contribution in [3.05, 3.63) is 60.2 Å². The third kappa shape index (κ3) is 4.23. The normalized spacial score (nSPS) is 20.9. The van der Waals surface area contributed by atoms with E-state index in [0.717, 1.165) is 38.0 Å². The van der Waals surface area contributed by atoms with Gasteiger partial charge in [0.25, 0.3) is 5.91 Å². The second-order valence-electron chi connectivity index (χ2n) is 8.10. The second kappa shape index (κ2) is 8.78. The average molecular weight is 428 g/mol. The number of piperazine rings is 1. The summed E-state index contributed by atoms with van der Waals surface area (Å²) in [6, 6.07) is 16.7. The number of hydrogen-bond acceptors (Lipinski definition) is 4. The van der Waals surface area contributed by atoms with Crippen LogP contribution in [0.5, 0.6) is 0 Å². The lowest BCUT2D eigenvalue weighted by molar-refractivity contribution is 0.0746. The van der Waals surface area contributed by atoms with Crippen molar-refractivity contribution in [2.75, 3.05) is 37.6 Å². The lowest BCUT2D eigenvalue weighted by Crippen LogP contribution is -2.48. The van der Waals surface area contributed by atoms with E-state index in [1.807, 2.05) is 30.0 Å². The summed E-state index contributed by atoms with van der Waals surface area (Å²) in [7, 11) is -3.59. The molecule has 2 heterocycles. The molecule has 1 amide bonds. The van der Waals surface area contributed by atoms with Gasteiger partial charge in [0.15, 0.2) is 0 Å². The molecular weight excluding hydrogens is 398 g/mol. The quantitative estimate of drug-likeness (QED) is 0.752. The van der Waals surface area contributed by atoms with Gasteiger partial charge >= 0.3 is 0 Å². The zero-order chi connectivity index (χ0) is 21.1. The topological polar surface area (TPSA) is 60.9 Å². The van der Waals surface area contributed by atoms with E-state index >= 15 is 0 Å².